The number of carbonyl (C=O) groups is 1. The molecule has 0 amide bonds. The molecule has 2 aromatic heterocycles. The van der Waals surface area contributed by atoms with Gasteiger partial charge in [-0.1, -0.05) is 20.8 Å². The quantitative estimate of drug-likeness (QED) is 0.916. The Bertz CT molecular complexity index is 842. The van der Waals surface area contributed by atoms with Crippen LogP contribution in [-0.2, 0) is 24.2 Å². The molecular formula is C17H22N2O3S. The number of aromatic nitrogens is 2. The molecule has 2 aromatic rings. The molecule has 1 aliphatic rings. The van der Waals surface area contributed by atoms with Crippen LogP contribution in [0.4, 0.5) is 0 Å². The fraction of sp³-hybridized carbons (Fsp3) is 0.588. The maximum atomic E-state index is 12.8. The van der Waals surface area contributed by atoms with Crippen molar-refractivity contribution >= 4 is 27.5 Å². The lowest BCUT2D eigenvalue weighted by atomic mass is 9.72. The molecule has 0 spiro atoms. The minimum absolute atomic E-state index is 0.207. The van der Waals surface area contributed by atoms with Gasteiger partial charge in [-0.05, 0) is 43.1 Å². The Morgan fingerprint density at radius 2 is 2.13 bits per heavy atom. The molecule has 0 saturated carbocycles. The van der Waals surface area contributed by atoms with Gasteiger partial charge in [0.1, 0.15) is 17.2 Å². The molecule has 0 aliphatic heterocycles. The van der Waals surface area contributed by atoms with Gasteiger partial charge >= 0.3 is 5.97 Å². The van der Waals surface area contributed by atoms with Gasteiger partial charge in [0.05, 0.1) is 5.39 Å². The predicted molar refractivity (Wildman–Crippen MR) is 91.2 cm³/mol. The highest BCUT2D eigenvalue weighted by Gasteiger charge is 2.32. The van der Waals surface area contributed by atoms with Crippen molar-refractivity contribution in [2.75, 3.05) is 0 Å². The molecule has 2 heterocycles. The number of nitrogens with zero attached hydrogens (tertiary/aromatic N) is 2. The Hall–Kier alpha value is -1.69. The van der Waals surface area contributed by atoms with Gasteiger partial charge in [-0.3, -0.25) is 14.2 Å². The minimum atomic E-state index is -1.02. The topological polar surface area (TPSA) is 72.2 Å². The SMILES string of the molecule is Cc1nc2sc3c(c2c(=O)n1CC(=O)O)CCC(C(C)(C)C)C3. The number of hydrogen-bond donors (Lipinski definition) is 1. The summed E-state index contributed by atoms with van der Waals surface area (Å²) in [6, 6.07) is 0. The van der Waals surface area contributed by atoms with Crippen molar-refractivity contribution in [2.45, 2.75) is 53.5 Å². The molecule has 0 radical (unpaired) electrons. The van der Waals surface area contributed by atoms with Crippen LogP contribution in [0.25, 0.3) is 10.2 Å². The van der Waals surface area contributed by atoms with Gasteiger partial charge < -0.3 is 5.11 Å². The Balaban J connectivity index is 2.14. The number of aryl methyl sites for hydroxylation is 2. The van der Waals surface area contributed by atoms with Crippen molar-refractivity contribution in [3.05, 3.63) is 26.6 Å². The van der Waals surface area contributed by atoms with Crippen molar-refractivity contribution in [1.82, 2.24) is 9.55 Å². The number of hydrogen-bond acceptors (Lipinski definition) is 4. The van der Waals surface area contributed by atoms with Gasteiger partial charge in [-0.15, -0.1) is 11.3 Å². The summed E-state index contributed by atoms with van der Waals surface area (Å²) in [7, 11) is 0. The number of rotatable bonds is 2. The molecule has 5 nitrogen and oxygen atoms in total. The molecule has 1 atom stereocenters. The van der Waals surface area contributed by atoms with E-state index in [1.54, 1.807) is 18.3 Å². The maximum absolute atomic E-state index is 12.8. The van der Waals surface area contributed by atoms with E-state index in [1.807, 2.05) is 0 Å². The smallest absolute Gasteiger partial charge is 0.323 e. The Labute approximate surface area is 139 Å². The Kier molecular flexibility index (Phi) is 3.83. The van der Waals surface area contributed by atoms with E-state index < -0.39 is 5.97 Å². The van der Waals surface area contributed by atoms with Gasteiger partial charge in [0, 0.05) is 4.88 Å². The van der Waals surface area contributed by atoms with Crippen LogP contribution in [0.2, 0.25) is 0 Å². The second-order valence-electron chi connectivity index (χ2n) is 7.43. The molecule has 0 fully saturated rings. The van der Waals surface area contributed by atoms with Gasteiger partial charge in [0.25, 0.3) is 5.56 Å². The molecule has 0 saturated heterocycles. The Morgan fingerprint density at radius 3 is 2.74 bits per heavy atom. The lowest BCUT2D eigenvalue weighted by Crippen LogP contribution is -2.29. The van der Waals surface area contributed by atoms with E-state index in [0.717, 1.165) is 29.7 Å². The average molecular weight is 334 g/mol. The molecule has 23 heavy (non-hydrogen) atoms. The van der Waals surface area contributed by atoms with Crippen LogP contribution in [0.1, 0.15) is 43.5 Å². The number of fused-ring (bicyclic) bond motifs is 3. The molecule has 124 valence electrons. The molecule has 1 aliphatic carbocycles. The zero-order valence-electron chi connectivity index (χ0n) is 14.0. The van der Waals surface area contributed by atoms with Crippen LogP contribution in [0.15, 0.2) is 4.79 Å². The van der Waals surface area contributed by atoms with E-state index >= 15 is 0 Å². The van der Waals surface area contributed by atoms with Crippen molar-refractivity contribution in [1.29, 1.82) is 0 Å². The highest BCUT2D eigenvalue weighted by molar-refractivity contribution is 7.18. The Morgan fingerprint density at radius 1 is 1.43 bits per heavy atom. The predicted octanol–water partition coefficient (Wildman–Crippen LogP) is 3.00. The number of aliphatic carboxylic acids is 1. The van der Waals surface area contributed by atoms with E-state index in [2.05, 4.69) is 25.8 Å². The summed E-state index contributed by atoms with van der Waals surface area (Å²) in [5.74, 6) is 0.0505. The zero-order valence-corrected chi connectivity index (χ0v) is 14.8. The van der Waals surface area contributed by atoms with E-state index in [9.17, 15) is 9.59 Å². The van der Waals surface area contributed by atoms with E-state index in [0.29, 0.717) is 17.1 Å². The minimum Gasteiger partial charge on any atom is -0.480 e. The molecule has 0 bridgehead atoms. The van der Waals surface area contributed by atoms with Crippen LogP contribution in [0.5, 0.6) is 0 Å². The summed E-state index contributed by atoms with van der Waals surface area (Å²) in [6.45, 7) is 8.15. The summed E-state index contributed by atoms with van der Waals surface area (Å²) in [5.41, 5.74) is 1.14. The number of thiophene rings is 1. The van der Waals surface area contributed by atoms with Crippen LogP contribution in [0, 0.1) is 18.3 Å². The number of carboxylic acids is 1. The third kappa shape index (κ3) is 2.80. The van der Waals surface area contributed by atoms with Crippen molar-refractivity contribution < 1.29 is 9.90 Å². The van der Waals surface area contributed by atoms with Gasteiger partial charge in [0.2, 0.25) is 0 Å². The first-order chi connectivity index (χ1) is 10.7. The molecule has 6 heteroatoms. The van der Waals surface area contributed by atoms with Gasteiger partial charge in [0.15, 0.2) is 0 Å². The van der Waals surface area contributed by atoms with Crippen molar-refractivity contribution in [2.24, 2.45) is 11.3 Å². The molecule has 0 aromatic carbocycles. The lowest BCUT2D eigenvalue weighted by Gasteiger charge is -2.33. The third-order valence-electron chi connectivity index (χ3n) is 4.88. The second-order valence-corrected chi connectivity index (χ2v) is 8.52. The summed E-state index contributed by atoms with van der Waals surface area (Å²) >= 11 is 1.60. The first kappa shape index (κ1) is 16.2. The van der Waals surface area contributed by atoms with Crippen LogP contribution in [0.3, 0.4) is 0 Å². The van der Waals surface area contributed by atoms with Gasteiger partial charge in [-0.25, -0.2) is 4.98 Å². The fourth-order valence-electron chi connectivity index (χ4n) is 3.42. The normalized spacial score (nSPS) is 18.2. The van der Waals surface area contributed by atoms with E-state index in [-0.39, 0.29) is 17.5 Å². The van der Waals surface area contributed by atoms with Crippen molar-refractivity contribution in [3.63, 3.8) is 0 Å². The monoisotopic (exact) mass is 334 g/mol. The molecule has 1 N–H and O–H groups in total. The van der Waals surface area contributed by atoms with E-state index in [4.69, 9.17) is 5.11 Å². The summed E-state index contributed by atoms with van der Waals surface area (Å²) < 4.78 is 1.27. The average Bonchev–Trinajstić information content (AvgIpc) is 2.79. The van der Waals surface area contributed by atoms with Crippen LogP contribution >= 0.6 is 11.3 Å². The molecule has 1 unspecified atom stereocenters. The van der Waals surface area contributed by atoms with Crippen LogP contribution < -0.4 is 5.56 Å². The van der Waals surface area contributed by atoms with Crippen LogP contribution in [-0.4, -0.2) is 20.6 Å². The summed E-state index contributed by atoms with van der Waals surface area (Å²) in [6.07, 6.45) is 2.93. The third-order valence-corrected chi connectivity index (χ3v) is 6.03. The van der Waals surface area contributed by atoms with Crippen molar-refractivity contribution in [3.8, 4) is 0 Å². The molecular weight excluding hydrogens is 312 g/mol. The maximum Gasteiger partial charge on any atom is 0.323 e. The zero-order chi connectivity index (χ0) is 16.9. The summed E-state index contributed by atoms with van der Waals surface area (Å²) in [5, 5.41) is 9.66. The second kappa shape index (κ2) is 5.44. The van der Waals surface area contributed by atoms with E-state index in [1.165, 1.54) is 9.44 Å². The highest BCUT2D eigenvalue weighted by Crippen LogP contribution is 2.42. The largest absolute Gasteiger partial charge is 0.480 e. The number of carboxylic acid groups (broad SMARTS) is 1. The highest BCUT2D eigenvalue weighted by atomic mass is 32.1. The lowest BCUT2D eigenvalue weighted by molar-refractivity contribution is -0.137. The first-order valence-electron chi connectivity index (χ1n) is 7.92. The first-order valence-corrected chi connectivity index (χ1v) is 8.73. The summed E-state index contributed by atoms with van der Waals surface area (Å²) in [4.78, 5) is 30.3. The molecule has 3 rings (SSSR count). The standard InChI is InChI=1S/C17H22N2O3S/c1-9-18-15-14(16(22)19(9)8-13(20)21)11-6-5-10(17(2,3)4)7-12(11)23-15/h10H,5-8H2,1-4H3,(H,20,21). The van der Waals surface area contributed by atoms with Gasteiger partial charge in [-0.2, -0.15) is 0 Å². The fourth-order valence-corrected chi connectivity index (χ4v) is 4.76.